The third-order valence-electron chi connectivity index (χ3n) is 8.80. The number of aliphatic hydroxyl groups excluding tert-OH is 1. The SMILES string of the molecule is OC(Nc1cn(Cc2cn(C3CCN(C4COC4)CC3)nn2)nc1-c1cc(SC2CC2)ccc1OC(F)F)c1cnn2cccnc12. The first-order valence-corrected chi connectivity index (χ1v) is 16.6. The number of nitrogens with zero attached hydrogens (tertiary/aromatic N) is 9. The second-order valence-corrected chi connectivity index (χ2v) is 13.5. The number of halogens is 2. The van der Waals surface area contributed by atoms with Gasteiger partial charge < -0.3 is 19.9 Å². The quantitative estimate of drug-likeness (QED) is 0.186. The highest BCUT2D eigenvalue weighted by Gasteiger charge is 2.31. The summed E-state index contributed by atoms with van der Waals surface area (Å²) in [5, 5.41) is 32.9. The molecule has 47 heavy (non-hydrogen) atoms. The summed E-state index contributed by atoms with van der Waals surface area (Å²) in [4.78, 5) is 7.76. The van der Waals surface area contributed by atoms with Gasteiger partial charge >= 0.3 is 6.61 Å². The molecule has 6 heterocycles. The van der Waals surface area contributed by atoms with Crippen LogP contribution in [0.1, 0.15) is 49.2 Å². The van der Waals surface area contributed by atoms with Crippen molar-refractivity contribution in [2.45, 2.75) is 67.3 Å². The van der Waals surface area contributed by atoms with Crippen LogP contribution in [0, 0.1) is 0 Å². The minimum Gasteiger partial charge on any atom is -0.434 e. The van der Waals surface area contributed by atoms with Crippen molar-refractivity contribution < 1.29 is 23.4 Å². The summed E-state index contributed by atoms with van der Waals surface area (Å²) in [5.74, 6) is -0.00802. The molecule has 2 N–H and O–H groups in total. The van der Waals surface area contributed by atoms with Crippen molar-refractivity contribution in [2.75, 3.05) is 31.6 Å². The minimum atomic E-state index is -3.02. The second kappa shape index (κ2) is 12.8. The zero-order valence-electron chi connectivity index (χ0n) is 25.4. The Kier molecular flexibility index (Phi) is 8.25. The Bertz CT molecular complexity index is 1850. The van der Waals surface area contributed by atoms with E-state index in [1.54, 1.807) is 57.7 Å². The average molecular weight is 665 g/mol. The minimum absolute atomic E-state index is 0.00802. The summed E-state index contributed by atoms with van der Waals surface area (Å²) in [5.41, 5.74) is 2.78. The number of anilines is 1. The lowest BCUT2D eigenvalue weighted by Crippen LogP contribution is -2.51. The lowest BCUT2D eigenvalue weighted by molar-refractivity contribution is -0.0734. The predicted molar refractivity (Wildman–Crippen MR) is 168 cm³/mol. The Balaban J connectivity index is 1.09. The molecule has 1 unspecified atom stereocenters. The van der Waals surface area contributed by atoms with E-state index in [2.05, 4.69) is 30.6 Å². The maximum absolute atomic E-state index is 13.6. The van der Waals surface area contributed by atoms with Crippen molar-refractivity contribution in [1.29, 1.82) is 0 Å². The molecule has 0 bridgehead atoms. The smallest absolute Gasteiger partial charge is 0.387 e. The van der Waals surface area contributed by atoms with E-state index in [1.165, 1.54) is 6.20 Å². The van der Waals surface area contributed by atoms with Gasteiger partial charge in [0.05, 0.1) is 55.5 Å². The van der Waals surface area contributed by atoms with Gasteiger partial charge in [0.2, 0.25) is 0 Å². The van der Waals surface area contributed by atoms with Crippen LogP contribution in [0.2, 0.25) is 0 Å². The number of likely N-dealkylation sites (tertiary alicyclic amines) is 1. The molecule has 16 heteroatoms. The molecule has 3 aliphatic rings. The van der Waals surface area contributed by atoms with E-state index in [1.807, 2.05) is 16.9 Å². The largest absolute Gasteiger partial charge is 0.434 e. The number of nitrogens with one attached hydrogen (secondary N) is 1. The molecule has 1 aromatic carbocycles. The monoisotopic (exact) mass is 664 g/mol. The van der Waals surface area contributed by atoms with Crippen LogP contribution in [0.5, 0.6) is 5.75 Å². The van der Waals surface area contributed by atoms with Gasteiger partial charge in [-0.2, -0.15) is 19.0 Å². The number of thioether (sulfide) groups is 1. The molecule has 1 atom stereocenters. The molecule has 246 valence electrons. The fourth-order valence-electron chi connectivity index (χ4n) is 6.09. The summed E-state index contributed by atoms with van der Waals surface area (Å²) < 4.78 is 42.6. The van der Waals surface area contributed by atoms with Gasteiger partial charge in [0.1, 0.15) is 17.1 Å². The lowest BCUT2D eigenvalue weighted by atomic mass is 10.0. The van der Waals surface area contributed by atoms with Gasteiger partial charge in [-0.3, -0.25) is 9.58 Å². The fraction of sp³-hybridized carbons (Fsp3) is 0.452. The second-order valence-electron chi connectivity index (χ2n) is 12.1. The molecule has 1 saturated carbocycles. The molecule has 0 spiro atoms. The van der Waals surface area contributed by atoms with Crippen LogP contribution < -0.4 is 10.1 Å². The number of aromatic nitrogens is 8. The number of benzene rings is 1. The fourth-order valence-corrected chi connectivity index (χ4v) is 7.18. The number of alkyl halides is 2. The number of rotatable bonds is 12. The zero-order chi connectivity index (χ0) is 31.9. The highest BCUT2D eigenvalue weighted by Crippen LogP contribution is 2.43. The molecule has 2 saturated heterocycles. The molecular weight excluding hydrogens is 630 g/mol. The van der Waals surface area contributed by atoms with Crippen LogP contribution in [0.4, 0.5) is 14.5 Å². The summed E-state index contributed by atoms with van der Waals surface area (Å²) >= 11 is 1.70. The van der Waals surface area contributed by atoms with Crippen LogP contribution in [0.15, 0.2) is 60.1 Å². The van der Waals surface area contributed by atoms with Crippen LogP contribution in [0.25, 0.3) is 16.9 Å². The first kappa shape index (κ1) is 30.2. The van der Waals surface area contributed by atoms with Crippen LogP contribution in [0.3, 0.4) is 0 Å². The van der Waals surface area contributed by atoms with E-state index in [9.17, 15) is 13.9 Å². The Morgan fingerprint density at radius 1 is 1.11 bits per heavy atom. The Labute approximate surface area is 272 Å². The third kappa shape index (κ3) is 6.54. The molecular formula is C31H34F2N10O3S. The molecule has 0 amide bonds. The third-order valence-corrected chi connectivity index (χ3v) is 10.1. The lowest BCUT2D eigenvalue weighted by Gasteiger charge is -2.41. The van der Waals surface area contributed by atoms with Gasteiger partial charge in [-0.1, -0.05) is 5.21 Å². The van der Waals surface area contributed by atoms with E-state index in [-0.39, 0.29) is 18.3 Å². The molecule has 4 aromatic heterocycles. The number of hydrogen-bond donors (Lipinski definition) is 2. The standard InChI is InChI=1S/C31H34F2N10O3S/c32-31(33)46-27-5-4-23(47-22-2-3-22)12-24(27)28-26(36-30(44)25-13-35-42-9-1-8-34-29(25)42)16-41(38-28)14-19-15-43(39-37-19)20-6-10-40(11-7-20)21-17-45-18-21/h1,4-5,8-9,12-13,15-16,20-22,30-31,36,44H,2-3,6-7,10-11,14,17-18H2. The summed E-state index contributed by atoms with van der Waals surface area (Å²) in [7, 11) is 0. The van der Waals surface area contributed by atoms with Gasteiger partial charge in [0, 0.05) is 47.4 Å². The maximum Gasteiger partial charge on any atom is 0.387 e. The Morgan fingerprint density at radius 3 is 2.72 bits per heavy atom. The van der Waals surface area contributed by atoms with E-state index in [0.29, 0.717) is 45.1 Å². The Hall–Kier alpha value is -4.12. The summed E-state index contributed by atoms with van der Waals surface area (Å²) in [6.45, 7) is 0.881. The van der Waals surface area contributed by atoms with Crippen LogP contribution >= 0.6 is 11.8 Å². The van der Waals surface area contributed by atoms with Gasteiger partial charge in [-0.05, 0) is 49.9 Å². The summed E-state index contributed by atoms with van der Waals surface area (Å²) in [6, 6.07) is 7.69. The van der Waals surface area contributed by atoms with Gasteiger partial charge in [0.25, 0.3) is 0 Å². The number of fused-ring (bicyclic) bond motifs is 1. The zero-order valence-corrected chi connectivity index (χ0v) is 26.2. The van der Waals surface area contributed by atoms with Gasteiger partial charge in [-0.25, -0.2) is 14.2 Å². The molecule has 2 aliphatic heterocycles. The molecule has 13 nitrogen and oxygen atoms in total. The van der Waals surface area contributed by atoms with Crippen LogP contribution in [-0.4, -0.2) is 93.6 Å². The van der Waals surface area contributed by atoms with E-state index in [4.69, 9.17) is 14.6 Å². The van der Waals surface area contributed by atoms with Crippen molar-refractivity contribution in [3.8, 4) is 17.0 Å². The highest BCUT2D eigenvalue weighted by atomic mass is 32.2. The number of hydrogen-bond acceptors (Lipinski definition) is 11. The number of aliphatic hydroxyl groups is 1. The van der Waals surface area contributed by atoms with E-state index < -0.39 is 12.8 Å². The van der Waals surface area contributed by atoms with Gasteiger partial charge in [0.15, 0.2) is 11.9 Å². The van der Waals surface area contributed by atoms with Crippen molar-refractivity contribution in [3.05, 3.63) is 66.5 Å². The topological polar surface area (TPSA) is 133 Å². The van der Waals surface area contributed by atoms with Crippen molar-refractivity contribution in [1.82, 2.24) is 44.3 Å². The molecule has 8 rings (SSSR count). The van der Waals surface area contributed by atoms with Crippen LogP contribution in [-0.2, 0) is 11.3 Å². The average Bonchev–Trinajstić information content (AvgIpc) is 3.39. The molecule has 1 aliphatic carbocycles. The maximum atomic E-state index is 13.6. The highest BCUT2D eigenvalue weighted by molar-refractivity contribution is 8.00. The first-order valence-electron chi connectivity index (χ1n) is 15.8. The van der Waals surface area contributed by atoms with Crippen molar-refractivity contribution >= 4 is 23.1 Å². The summed E-state index contributed by atoms with van der Waals surface area (Å²) in [6.07, 6.45) is 11.5. The Morgan fingerprint density at radius 2 is 1.96 bits per heavy atom. The normalized spacial score (nSPS) is 18.6. The van der Waals surface area contributed by atoms with E-state index >= 15 is 0 Å². The first-order chi connectivity index (χ1) is 23.0. The number of ether oxygens (including phenoxy) is 2. The molecule has 0 radical (unpaired) electrons. The molecule has 3 fully saturated rings. The van der Waals surface area contributed by atoms with Crippen molar-refractivity contribution in [2.24, 2.45) is 0 Å². The van der Waals surface area contributed by atoms with Crippen molar-refractivity contribution in [3.63, 3.8) is 0 Å². The predicted octanol–water partition coefficient (Wildman–Crippen LogP) is 4.23. The van der Waals surface area contributed by atoms with E-state index in [0.717, 1.165) is 56.9 Å². The number of piperidine rings is 1. The van der Waals surface area contributed by atoms with Gasteiger partial charge in [-0.15, -0.1) is 16.9 Å². The molecule has 5 aromatic rings.